The van der Waals surface area contributed by atoms with E-state index >= 15 is 0 Å². The Morgan fingerprint density at radius 2 is 1.95 bits per heavy atom. The highest BCUT2D eigenvalue weighted by Crippen LogP contribution is 2.02. The number of nitrogens with one attached hydrogen (secondary N) is 2. The first kappa shape index (κ1) is 15.1. The number of benzene rings is 1. The number of rotatable bonds is 7. The second kappa shape index (κ2) is 8.11. The normalized spacial score (nSPS) is 10.3. The number of nitrogens with zero attached hydrogens (tertiary/aromatic N) is 1. The van der Waals surface area contributed by atoms with Crippen LogP contribution in [0.2, 0.25) is 0 Å². The van der Waals surface area contributed by atoms with Crippen LogP contribution < -0.4 is 10.6 Å². The molecular weight excluding hydrogens is 269 g/mol. The summed E-state index contributed by atoms with van der Waals surface area (Å²) in [6, 6.07) is 9.43. The third-order valence-corrected chi connectivity index (χ3v) is 2.97. The van der Waals surface area contributed by atoms with Crippen molar-refractivity contribution in [3.63, 3.8) is 0 Å². The van der Waals surface area contributed by atoms with Gasteiger partial charge in [-0.1, -0.05) is 6.07 Å². The SMILES string of the molecule is O=C(NCCCNCc1cccnc1)c1ccc(F)cc1. The van der Waals surface area contributed by atoms with Crippen molar-refractivity contribution in [2.45, 2.75) is 13.0 Å². The molecule has 0 spiro atoms. The van der Waals surface area contributed by atoms with E-state index in [-0.39, 0.29) is 11.7 Å². The number of pyridine rings is 1. The van der Waals surface area contributed by atoms with Crippen LogP contribution >= 0.6 is 0 Å². The van der Waals surface area contributed by atoms with Gasteiger partial charge in [0.2, 0.25) is 0 Å². The van der Waals surface area contributed by atoms with Gasteiger partial charge in [-0.2, -0.15) is 0 Å². The maximum Gasteiger partial charge on any atom is 0.251 e. The van der Waals surface area contributed by atoms with Crippen molar-refractivity contribution in [1.82, 2.24) is 15.6 Å². The zero-order valence-corrected chi connectivity index (χ0v) is 11.7. The minimum atomic E-state index is -0.342. The number of amides is 1. The van der Waals surface area contributed by atoms with Gasteiger partial charge in [-0.15, -0.1) is 0 Å². The monoisotopic (exact) mass is 287 g/mol. The molecule has 0 saturated heterocycles. The van der Waals surface area contributed by atoms with Crippen LogP contribution in [-0.2, 0) is 6.54 Å². The number of carbonyl (C=O) groups is 1. The van der Waals surface area contributed by atoms with E-state index in [1.165, 1.54) is 24.3 Å². The number of carbonyl (C=O) groups excluding carboxylic acids is 1. The third kappa shape index (κ3) is 5.31. The minimum Gasteiger partial charge on any atom is -0.352 e. The van der Waals surface area contributed by atoms with Gasteiger partial charge in [0.05, 0.1) is 0 Å². The Labute approximate surface area is 123 Å². The summed E-state index contributed by atoms with van der Waals surface area (Å²) >= 11 is 0. The summed E-state index contributed by atoms with van der Waals surface area (Å²) in [5.74, 6) is -0.520. The molecule has 1 heterocycles. The first-order valence-electron chi connectivity index (χ1n) is 6.89. The molecule has 4 nitrogen and oxygen atoms in total. The summed E-state index contributed by atoms with van der Waals surface area (Å²) in [4.78, 5) is 15.8. The Hall–Kier alpha value is -2.27. The number of aromatic nitrogens is 1. The average molecular weight is 287 g/mol. The Bertz CT molecular complexity index is 557. The predicted molar refractivity (Wildman–Crippen MR) is 79.3 cm³/mol. The summed E-state index contributed by atoms with van der Waals surface area (Å²) in [7, 11) is 0. The molecule has 5 heteroatoms. The van der Waals surface area contributed by atoms with E-state index in [9.17, 15) is 9.18 Å². The predicted octanol–water partition coefficient (Wildman–Crippen LogP) is 2.13. The topological polar surface area (TPSA) is 54.0 Å². The highest BCUT2D eigenvalue weighted by molar-refractivity contribution is 5.94. The molecule has 0 aliphatic carbocycles. The van der Waals surface area contributed by atoms with Crippen LogP contribution in [0, 0.1) is 5.82 Å². The zero-order valence-electron chi connectivity index (χ0n) is 11.7. The summed E-state index contributed by atoms with van der Waals surface area (Å²) in [5.41, 5.74) is 1.60. The molecular formula is C16H18FN3O. The molecule has 0 radical (unpaired) electrons. The molecule has 0 aliphatic heterocycles. The lowest BCUT2D eigenvalue weighted by molar-refractivity contribution is 0.0953. The molecule has 2 N–H and O–H groups in total. The standard InChI is InChI=1S/C16H18FN3O/c17-15-6-4-14(5-7-15)16(21)20-10-2-9-19-12-13-3-1-8-18-11-13/h1,3-8,11,19H,2,9-10,12H2,(H,20,21). The van der Waals surface area contributed by atoms with E-state index in [0.717, 1.165) is 25.1 Å². The van der Waals surface area contributed by atoms with Crippen LogP contribution in [0.3, 0.4) is 0 Å². The van der Waals surface area contributed by atoms with E-state index < -0.39 is 0 Å². The highest BCUT2D eigenvalue weighted by atomic mass is 19.1. The van der Waals surface area contributed by atoms with E-state index in [1.54, 1.807) is 6.20 Å². The number of hydrogen-bond acceptors (Lipinski definition) is 3. The van der Waals surface area contributed by atoms with Crippen molar-refractivity contribution in [1.29, 1.82) is 0 Å². The molecule has 2 aromatic rings. The molecule has 1 amide bonds. The summed E-state index contributed by atoms with van der Waals surface area (Å²) in [5, 5.41) is 6.09. The lowest BCUT2D eigenvalue weighted by Crippen LogP contribution is -2.27. The van der Waals surface area contributed by atoms with Gasteiger partial charge >= 0.3 is 0 Å². The van der Waals surface area contributed by atoms with Gasteiger partial charge in [-0.3, -0.25) is 9.78 Å². The Balaban J connectivity index is 1.59. The second-order valence-corrected chi connectivity index (χ2v) is 4.65. The van der Waals surface area contributed by atoms with Crippen molar-refractivity contribution in [2.75, 3.05) is 13.1 Å². The zero-order chi connectivity index (χ0) is 14.9. The van der Waals surface area contributed by atoms with E-state index in [2.05, 4.69) is 15.6 Å². The van der Waals surface area contributed by atoms with E-state index in [1.807, 2.05) is 18.3 Å². The first-order valence-corrected chi connectivity index (χ1v) is 6.89. The molecule has 0 aliphatic rings. The Morgan fingerprint density at radius 1 is 1.14 bits per heavy atom. The highest BCUT2D eigenvalue weighted by Gasteiger charge is 2.04. The van der Waals surface area contributed by atoms with Gasteiger partial charge in [-0.05, 0) is 48.9 Å². The van der Waals surface area contributed by atoms with Crippen molar-refractivity contribution in [2.24, 2.45) is 0 Å². The maximum atomic E-state index is 12.7. The Morgan fingerprint density at radius 3 is 2.67 bits per heavy atom. The Kier molecular flexibility index (Phi) is 5.84. The molecule has 0 saturated carbocycles. The molecule has 0 atom stereocenters. The minimum absolute atomic E-state index is 0.178. The van der Waals surface area contributed by atoms with Gasteiger partial charge in [0.1, 0.15) is 5.82 Å². The fourth-order valence-corrected chi connectivity index (χ4v) is 1.85. The summed E-state index contributed by atoms with van der Waals surface area (Å²) in [6.07, 6.45) is 4.39. The molecule has 0 fully saturated rings. The van der Waals surface area contributed by atoms with E-state index in [4.69, 9.17) is 0 Å². The van der Waals surface area contributed by atoms with Crippen LogP contribution in [0.15, 0.2) is 48.8 Å². The lowest BCUT2D eigenvalue weighted by atomic mass is 10.2. The van der Waals surface area contributed by atoms with Gasteiger partial charge in [0.15, 0.2) is 0 Å². The second-order valence-electron chi connectivity index (χ2n) is 4.65. The third-order valence-electron chi connectivity index (χ3n) is 2.97. The first-order chi connectivity index (χ1) is 10.3. The van der Waals surface area contributed by atoms with Gasteiger partial charge in [0, 0.05) is 31.0 Å². The van der Waals surface area contributed by atoms with Crippen LogP contribution in [0.4, 0.5) is 4.39 Å². The van der Waals surface area contributed by atoms with Crippen LogP contribution in [0.5, 0.6) is 0 Å². The maximum absolute atomic E-state index is 12.7. The molecule has 1 aromatic carbocycles. The molecule has 21 heavy (non-hydrogen) atoms. The van der Waals surface area contributed by atoms with Gasteiger partial charge < -0.3 is 10.6 Å². The summed E-state index contributed by atoms with van der Waals surface area (Å²) in [6.45, 7) is 2.15. The van der Waals surface area contributed by atoms with Gasteiger partial charge in [-0.25, -0.2) is 4.39 Å². The smallest absolute Gasteiger partial charge is 0.251 e. The molecule has 0 unspecified atom stereocenters. The quantitative estimate of drug-likeness (QED) is 0.767. The van der Waals surface area contributed by atoms with Crippen molar-refractivity contribution < 1.29 is 9.18 Å². The van der Waals surface area contributed by atoms with Crippen LogP contribution in [-0.4, -0.2) is 24.0 Å². The molecule has 110 valence electrons. The molecule has 2 rings (SSSR count). The number of halogens is 1. The van der Waals surface area contributed by atoms with Crippen LogP contribution in [0.1, 0.15) is 22.3 Å². The fourth-order valence-electron chi connectivity index (χ4n) is 1.85. The molecule has 1 aromatic heterocycles. The largest absolute Gasteiger partial charge is 0.352 e. The summed E-state index contributed by atoms with van der Waals surface area (Å²) < 4.78 is 12.7. The van der Waals surface area contributed by atoms with Gasteiger partial charge in [0.25, 0.3) is 5.91 Å². The lowest BCUT2D eigenvalue weighted by Gasteiger charge is -2.06. The van der Waals surface area contributed by atoms with Crippen molar-refractivity contribution in [3.8, 4) is 0 Å². The van der Waals surface area contributed by atoms with Crippen molar-refractivity contribution in [3.05, 3.63) is 65.7 Å². The van der Waals surface area contributed by atoms with Crippen LogP contribution in [0.25, 0.3) is 0 Å². The fraction of sp³-hybridized carbons (Fsp3) is 0.250. The van der Waals surface area contributed by atoms with E-state index in [0.29, 0.717) is 12.1 Å². The molecule has 0 bridgehead atoms. The number of hydrogen-bond donors (Lipinski definition) is 2. The average Bonchev–Trinajstić information content (AvgIpc) is 2.52. The van der Waals surface area contributed by atoms with Crippen molar-refractivity contribution >= 4 is 5.91 Å².